The van der Waals surface area contributed by atoms with Gasteiger partial charge >= 0.3 is 12.1 Å². The van der Waals surface area contributed by atoms with Crippen LogP contribution in [0.5, 0.6) is 0 Å². The maximum atomic E-state index is 14.2. The van der Waals surface area contributed by atoms with E-state index in [1.54, 1.807) is 0 Å². The van der Waals surface area contributed by atoms with E-state index >= 15 is 0 Å². The van der Waals surface area contributed by atoms with Crippen molar-refractivity contribution in [2.45, 2.75) is 121 Å². The molecular weight excluding hydrogens is 499 g/mol. The average molecular weight is 546 g/mol. The van der Waals surface area contributed by atoms with Gasteiger partial charge in [-0.25, -0.2) is 4.79 Å². The van der Waals surface area contributed by atoms with E-state index in [2.05, 4.69) is 12.2 Å². The molecule has 0 radical (unpaired) electrons. The fourth-order valence-electron chi connectivity index (χ4n) is 4.68. The molecule has 1 aromatic rings. The molecule has 218 valence electrons. The predicted molar refractivity (Wildman–Crippen MR) is 141 cm³/mol. The summed E-state index contributed by atoms with van der Waals surface area (Å²) in [6.45, 7) is 1.62. The molecule has 0 unspecified atom stereocenters. The number of ether oxygens (including phenoxy) is 2. The van der Waals surface area contributed by atoms with E-state index in [0.29, 0.717) is 12.8 Å². The molecule has 2 N–H and O–H groups in total. The molecule has 0 heterocycles. The number of hydrogen-bond donors (Lipinski definition) is 2. The maximum Gasteiger partial charge on any atom is 0.432 e. The van der Waals surface area contributed by atoms with Crippen molar-refractivity contribution in [3.8, 4) is 0 Å². The van der Waals surface area contributed by atoms with E-state index < -0.39 is 42.1 Å². The summed E-state index contributed by atoms with van der Waals surface area (Å²) in [5.74, 6) is -1.63. The van der Waals surface area contributed by atoms with Gasteiger partial charge in [-0.1, -0.05) is 114 Å². The summed E-state index contributed by atoms with van der Waals surface area (Å²) >= 11 is 0. The Morgan fingerprint density at radius 1 is 0.921 bits per heavy atom. The van der Waals surface area contributed by atoms with Crippen LogP contribution in [0.25, 0.3) is 0 Å². The van der Waals surface area contributed by atoms with Gasteiger partial charge in [0.05, 0.1) is 12.6 Å². The second-order valence-corrected chi connectivity index (χ2v) is 9.80. The molecule has 0 aliphatic heterocycles. The summed E-state index contributed by atoms with van der Waals surface area (Å²) in [7, 11) is 0.802. The number of nitrogens with one attached hydrogen (secondary N) is 1. The highest BCUT2D eigenvalue weighted by atomic mass is 19.4. The normalized spacial score (nSPS) is 14.9. The minimum atomic E-state index is -5.10. The van der Waals surface area contributed by atoms with E-state index in [1.807, 2.05) is 0 Å². The number of carbonyl (C=O) groups is 2. The first-order valence-electron chi connectivity index (χ1n) is 14.0. The predicted octanol–water partition coefficient (Wildman–Crippen LogP) is 6.59. The molecule has 0 fully saturated rings. The van der Waals surface area contributed by atoms with Crippen LogP contribution >= 0.6 is 0 Å². The van der Waals surface area contributed by atoms with Gasteiger partial charge in [0.1, 0.15) is 6.10 Å². The number of methoxy groups -OCH3 is 1. The molecule has 6 nitrogen and oxygen atoms in total. The lowest BCUT2D eigenvalue weighted by molar-refractivity contribution is -0.278. The molecule has 0 aliphatic rings. The van der Waals surface area contributed by atoms with Gasteiger partial charge in [-0.15, -0.1) is 0 Å². The Morgan fingerprint density at radius 3 is 1.84 bits per heavy atom. The Kier molecular flexibility index (Phi) is 17.0. The highest BCUT2D eigenvalue weighted by Crippen LogP contribution is 2.43. The third-order valence-corrected chi connectivity index (χ3v) is 6.95. The van der Waals surface area contributed by atoms with Crippen molar-refractivity contribution in [3.63, 3.8) is 0 Å². The fourth-order valence-corrected chi connectivity index (χ4v) is 4.68. The molecule has 0 spiro atoms. The smallest absolute Gasteiger partial charge is 0.432 e. The van der Waals surface area contributed by atoms with Gasteiger partial charge in [-0.05, 0) is 12.8 Å². The van der Waals surface area contributed by atoms with Gasteiger partial charge in [0.15, 0.2) is 0 Å². The van der Waals surface area contributed by atoms with Crippen LogP contribution in [0, 0.1) is 0 Å². The minimum Gasteiger partial charge on any atom is -0.457 e. The number of aliphatic hydroxyl groups is 1. The maximum absolute atomic E-state index is 14.2. The van der Waals surface area contributed by atoms with E-state index in [-0.39, 0.29) is 6.42 Å². The van der Waals surface area contributed by atoms with Crippen molar-refractivity contribution < 1.29 is 37.3 Å². The molecule has 1 amide bonds. The van der Waals surface area contributed by atoms with E-state index in [9.17, 15) is 27.9 Å². The standard InChI is InChI=1S/C29H46F3NO5/c1-3-4-5-6-7-8-9-10-11-12-13-14-18-21-26(25(22-34)33-23-35)38-27(36)28(37-2,29(30,31)32)24-19-16-15-17-20-24/h15-17,19-20,23,25-26,34H,3-14,18,21-22H2,1-2H3,(H,33,35)/t25-,26+,28+/m1/s1. The number of amides is 1. The Bertz CT molecular complexity index is 762. The monoisotopic (exact) mass is 545 g/mol. The zero-order valence-electron chi connectivity index (χ0n) is 22.9. The summed E-state index contributed by atoms with van der Waals surface area (Å²) in [5, 5.41) is 12.1. The highest BCUT2D eigenvalue weighted by molar-refractivity contribution is 5.83. The van der Waals surface area contributed by atoms with E-state index in [1.165, 1.54) is 69.6 Å². The largest absolute Gasteiger partial charge is 0.457 e. The van der Waals surface area contributed by atoms with Crippen LogP contribution in [0.2, 0.25) is 0 Å². The molecule has 0 aromatic heterocycles. The summed E-state index contributed by atoms with van der Waals surface area (Å²) in [6, 6.07) is 5.53. The van der Waals surface area contributed by atoms with Crippen LogP contribution in [0.4, 0.5) is 13.2 Å². The molecule has 1 rings (SSSR count). The number of aliphatic hydroxyl groups excluding tert-OH is 1. The number of rotatable bonds is 22. The van der Waals surface area contributed by atoms with Crippen molar-refractivity contribution in [2.75, 3.05) is 13.7 Å². The zero-order valence-corrected chi connectivity index (χ0v) is 22.9. The van der Waals surface area contributed by atoms with Crippen LogP contribution in [-0.2, 0) is 24.7 Å². The molecule has 38 heavy (non-hydrogen) atoms. The quantitative estimate of drug-likeness (QED) is 0.0975. The van der Waals surface area contributed by atoms with Crippen molar-refractivity contribution in [3.05, 3.63) is 35.9 Å². The van der Waals surface area contributed by atoms with Crippen molar-refractivity contribution >= 4 is 12.4 Å². The third-order valence-electron chi connectivity index (χ3n) is 6.95. The van der Waals surface area contributed by atoms with Crippen LogP contribution in [-0.4, -0.2) is 49.5 Å². The second kappa shape index (κ2) is 19.0. The highest BCUT2D eigenvalue weighted by Gasteiger charge is 2.64. The summed E-state index contributed by atoms with van der Waals surface area (Å²) in [6.07, 6.45) is 9.00. The Hall–Kier alpha value is -2.13. The second-order valence-electron chi connectivity index (χ2n) is 9.80. The van der Waals surface area contributed by atoms with Gasteiger partial charge in [-0.3, -0.25) is 4.79 Å². The van der Waals surface area contributed by atoms with Crippen LogP contribution < -0.4 is 5.32 Å². The topological polar surface area (TPSA) is 84.9 Å². The molecule has 0 bridgehead atoms. The first-order chi connectivity index (χ1) is 18.3. The lowest BCUT2D eigenvalue weighted by Crippen LogP contribution is -2.54. The van der Waals surface area contributed by atoms with Crippen molar-refractivity contribution in [1.82, 2.24) is 5.32 Å². The lowest BCUT2D eigenvalue weighted by atomic mass is 9.92. The van der Waals surface area contributed by atoms with Crippen molar-refractivity contribution in [1.29, 1.82) is 0 Å². The lowest BCUT2D eigenvalue weighted by Gasteiger charge is -2.35. The SMILES string of the molecule is CCCCCCCCCCCCCCC[C@H](OC(=O)[C@@](OC)(c1ccccc1)C(F)(F)F)[C@@H](CO)NC=O. The number of halogens is 3. The first-order valence-corrected chi connectivity index (χ1v) is 14.0. The minimum absolute atomic E-state index is 0.196. The van der Waals surface area contributed by atoms with E-state index in [0.717, 1.165) is 44.9 Å². The zero-order chi connectivity index (χ0) is 28.3. The fraction of sp³-hybridized carbons (Fsp3) is 0.724. The van der Waals surface area contributed by atoms with Gasteiger partial charge < -0.3 is 19.9 Å². The Balaban J connectivity index is 2.66. The molecule has 0 saturated carbocycles. The Morgan fingerprint density at radius 2 is 1.42 bits per heavy atom. The van der Waals surface area contributed by atoms with Gasteiger partial charge in [-0.2, -0.15) is 13.2 Å². The number of alkyl halides is 3. The first kappa shape index (κ1) is 33.9. The molecule has 9 heteroatoms. The summed E-state index contributed by atoms with van der Waals surface area (Å²) in [5.41, 5.74) is -3.74. The van der Waals surface area contributed by atoms with Gasteiger partial charge in [0.25, 0.3) is 5.60 Å². The third kappa shape index (κ3) is 10.9. The molecule has 3 atom stereocenters. The number of esters is 1. The van der Waals surface area contributed by atoms with Crippen LogP contribution in [0.3, 0.4) is 0 Å². The summed E-state index contributed by atoms with van der Waals surface area (Å²) in [4.78, 5) is 24.1. The molecule has 1 aromatic carbocycles. The number of carbonyl (C=O) groups excluding carboxylic acids is 2. The average Bonchev–Trinajstić information content (AvgIpc) is 2.90. The molecule has 0 saturated heterocycles. The van der Waals surface area contributed by atoms with Gasteiger partial charge in [0.2, 0.25) is 6.41 Å². The van der Waals surface area contributed by atoms with Gasteiger partial charge in [0, 0.05) is 12.7 Å². The van der Waals surface area contributed by atoms with E-state index in [4.69, 9.17) is 9.47 Å². The molecule has 0 aliphatic carbocycles. The number of unbranched alkanes of at least 4 members (excludes halogenated alkanes) is 12. The number of benzene rings is 1. The number of hydrogen-bond acceptors (Lipinski definition) is 5. The van der Waals surface area contributed by atoms with Crippen LogP contribution in [0.15, 0.2) is 30.3 Å². The summed E-state index contributed by atoms with van der Waals surface area (Å²) < 4.78 is 52.8. The van der Waals surface area contributed by atoms with Crippen LogP contribution in [0.1, 0.15) is 102 Å². The Labute approximate surface area is 225 Å². The van der Waals surface area contributed by atoms with Crippen molar-refractivity contribution in [2.24, 2.45) is 0 Å². The molecular formula is C29H46F3NO5.